The van der Waals surface area contributed by atoms with Crippen LogP contribution in [0.15, 0.2) is 0 Å². The highest BCUT2D eigenvalue weighted by atomic mass is 19.3. The normalized spacial score (nSPS) is 12.0. The van der Waals surface area contributed by atoms with Gasteiger partial charge >= 0.3 is 0 Å². The van der Waals surface area contributed by atoms with Gasteiger partial charge in [-0.3, -0.25) is 0 Å². The van der Waals surface area contributed by atoms with Crippen LogP contribution in [0.1, 0.15) is 39.0 Å². The maximum atomic E-state index is 12.7. The van der Waals surface area contributed by atoms with Gasteiger partial charge in [-0.1, -0.05) is 13.3 Å². The van der Waals surface area contributed by atoms with E-state index in [1.54, 1.807) is 6.92 Å². The Labute approximate surface area is 66.4 Å². The van der Waals surface area contributed by atoms with Gasteiger partial charge in [0.2, 0.25) is 5.92 Å². The van der Waals surface area contributed by atoms with Gasteiger partial charge in [0.1, 0.15) is 0 Å². The largest absolute Gasteiger partial charge is 0.396 e. The summed E-state index contributed by atoms with van der Waals surface area (Å²) in [7, 11) is 0. The molecule has 0 aromatic heterocycles. The topological polar surface area (TPSA) is 20.2 Å². The first-order valence-corrected chi connectivity index (χ1v) is 4.11. The number of unbranched alkanes of at least 4 members (excludes halogenated alkanes) is 1. The van der Waals surface area contributed by atoms with Crippen LogP contribution >= 0.6 is 0 Å². The number of hydrogen-bond acceptors (Lipinski definition) is 1. The number of hydrogen-bond donors (Lipinski definition) is 1. The average Bonchev–Trinajstić information content (AvgIpc) is 1.87. The van der Waals surface area contributed by atoms with E-state index in [1.165, 1.54) is 0 Å². The molecule has 0 aromatic rings. The summed E-state index contributed by atoms with van der Waals surface area (Å²) in [6.45, 7) is 1.77. The van der Waals surface area contributed by atoms with Crippen molar-refractivity contribution in [1.82, 2.24) is 0 Å². The van der Waals surface area contributed by atoms with Gasteiger partial charge < -0.3 is 5.11 Å². The van der Waals surface area contributed by atoms with Crippen LogP contribution in [0.3, 0.4) is 0 Å². The second-order valence-corrected chi connectivity index (χ2v) is 2.79. The van der Waals surface area contributed by atoms with Gasteiger partial charge in [0.25, 0.3) is 0 Å². The Morgan fingerprint density at radius 2 is 1.82 bits per heavy atom. The number of alkyl halides is 2. The minimum atomic E-state index is -2.51. The van der Waals surface area contributed by atoms with E-state index >= 15 is 0 Å². The summed E-state index contributed by atoms with van der Waals surface area (Å²) in [6.07, 6.45) is 1.31. The van der Waals surface area contributed by atoms with Crippen LogP contribution in [-0.2, 0) is 0 Å². The molecule has 11 heavy (non-hydrogen) atoms. The highest BCUT2D eigenvalue weighted by Crippen LogP contribution is 2.26. The van der Waals surface area contributed by atoms with Crippen molar-refractivity contribution in [2.24, 2.45) is 0 Å². The summed E-state index contributed by atoms with van der Waals surface area (Å²) in [5, 5.41) is 8.35. The Kier molecular flexibility index (Phi) is 5.38. The molecule has 0 spiro atoms. The zero-order valence-electron chi connectivity index (χ0n) is 6.95. The Bertz CT molecular complexity index is 94.1. The molecule has 0 aromatic carbocycles. The third kappa shape index (κ3) is 6.23. The van der Waals surface area contributed by atoms with E-state index in [9.17, 15) is 8.78 Å². The molecular formula is C8H16F2O. The van der Waals surface area contributed by atoms with Crippen LogP contribution in [0, 0.1) is 0 Å². The fraction of sp³-hybridized carbons (Fsp3) is 1.00. The maximum Gasteiger partial charge on any atom is 0.248 e. The Morgan fingerprint density at radius 3 is 2.27 bits per heavy atom. The van der Waals surface area contributed by atoms with Crippen LogP contribution in [0.4, 0.5) is 8.78 Å². The zero-order chi connectivity index (χ0) is 8.74. The molecule has 0 heterocycles. The predicted octanol–water partition coefficient (Wildman–Crippen LogP) is 2.58. The van der Waals surface area contributed by atoms with Crippen LogP contribution < -0.4 is 0 Å². The predicted molar refractivity (Wildman–Crippen MR) is 40.8 cm³/mol. The molecule has 0 radical (unpaired) electrons. The molecule has 1 nitrogen and oxygen atoms in total. The fourth-order valence-corrected chi connectivity index (χ4v) is 0.986. The van der Waals surface area contributed by atoms with E-state index < -0.39 is 5.92 Å². The molecule has 1 N–H and O–H groups in total. The first kappa shape index (κ1) is 10.8. The molecule has 0 bridgehead atoms. The van der Waals surface area contributed by atoms with Crippen LogP contribution in [-0.4, -0.2) is 17.6 Å². The fourth-order valence-electron chi connectivity index (χ4n) is 0.986. The summed E-state index contributed by atoms with van der Waals surface area (Å²) in [4.78, 5) is 0. The number of aliphatic hydroxyl groups is 1. The van der Waals surface area contributed by atoms with Gasteiger partial charge in [-0.25, -0.2) is 8.78 Å². The third-order valence-corrected chi connectivity index (χ3v) is 1.57. The van der Waals surface area contributed by atoms with Crippen molar-refractivity contribution in [3.8, 4) is 0 Å². The second-order valence-electron chi connectivity index (χ2n) is 2.79. The van der Waals surface area contributed by atoms with Gasteiger partial charge in [0.05, 0.1) is 0 Å². The van der Waals surface area contributed by atoms with Crippen molar-refractivity contribution in [2.75, 3.05) is 6.61 Å². The molecule has 0 rings (SSSR count). The van der Waals surface area contributed by atoms with E-state index in [-0.39, 0.29) is 19.4 Å². The Hall–Kier alpha value is -0.180. The number of aliphatic hydroxyl groups excluding tert-OH is 1. The summed E-state index contributed by atoms with van der Waals surface area (Å²) >= 11 is 0. The smallest absolute Gasteiger partial charge is 0.248 e. The lowest BCUT2D eigenvalue weighted by Crippen LogP contribution is -2.15. The monoisotopic (exact) mass is 166 g/mol. The van der Waals surface area contributed by atoms with E-state index in [0.717, 1.165) is 0 Å². The van der Waals surface area contributed by atoms with Crippen molar-refractivity contribution < 1.29 is 13.9 Å². The van der Waals surface area contributed by atoms with Crippen LogP contribution in [0.2, 0.25) is 0 Å². The van der Waals surface area contributed by atoms with Crippen molar-refractivity contribution >= 4 is 0 Å². The van der Waals surface area contributed by atoms with Crippen molar-refractivity contribution in [2.45, 2.75) is 45.0 Å². The lowest BCUT2D eigenvalue weighted by molar-refractivity contribution is -0.0196. The molecule has 0 saturated heterocycles. The third-order valence-electron chi connectivity index (χ3n) is 1.57. The van der Waals surface area contributed by atoms with Gasteiger partial charge in [0, 0.05) is 19.4 Å². The van der Waals surface area contributed by atoms with Crippen molar-refractivity contribution in [3.05, 3.63) is 0 Å². The minimum absolute atomic E-state index is 0.0161. The molecular weight excluding hydrogens is 150 g/mol. The summed E-state index contributed by atoms with van der Waals surface area (Å²) in [5.41, 5.74) is 0. The summed E-state index contributed by atoms with van der Waals surface area (Å²) in [5.74, 6) is -2.51. The molecule has 68 valence electrons. The van der Waals surface area contributed by atoms with Gasteiger partial charge in [0.15, 0.2) is 0 Å². The van der Waals surface area contributed by atoms with Crippen molar-refractivity contribution in [1.29, 1.82) is 0 Å². The SMILES string of the molecule is CCCC(F)(F)CCCCO. The first-order valence-electron chi connectivity index (χ1n) is 4.11. The Balaban J connectivity index is 3.38. The lowest BCUT2D eigenvalue weighted by Gasteiger charge is -2.14. The van der Waals surface area contributed by atoms with E-state index in [1.807, 2.05) is 0 Å². The molecule has 0 unspecified atom stereocenters. The summed E-state index contributed by atoms with van der Waals surface area (Å²) in [6, 6.07) is 0. The lowest BCUT2D eigenvalue weighted by atomic mass is 10.1. The standard InChI is InChI=1S/C8H16F2O/c1-2-5-8(9,10)6-3-4-7-11/h11H,2-7H2,1H3. The maximum absolute atomic E-state index is 12.7. The zero-order valence-corrected chi connectivity index (χ0v) is 6.95. The molecule has 3 heteroatoms. The minimum Gasteiger partial charge on any atom is -0.396 e. The number of halogens is 2. The van der Waals surface area contributed by atoms with E-state index in [0.29, 0.717) is 19.3 Å². The second kappa shape index (κ2) is 5.47. The molecule has 0 aliphatic carbocycles. The quantitative estimate of drug-likeness (QED) is 0.601. The van der Waals surface area contributed by atoms with Crippen LogP contribution in [0.5, 0.6) is 0 Å². The molecule has 0 aliphatic rings. The van der Waals surface area contributed by atoms with Crippen molar-refractivity contribution in [3.63, 3.8) is 0 Å². The van der Waals surface area contributed by atoms with E-state index in [2.05, 4.69) is 0 Å². The van der Waals surface area contributed by atoms with Gasteiger partial charge in [-0.15, -0.1) is 0 Å². The summed E-state index contributed by atoms with van der Waals surface area (Å²) < 4.78 is 25.3. The van der Waals surface area contributed by atoms with Gasteiger partial charge in [-0.05, 0) is 12.8 Å². The first-order chi connectivity index (χ1) is 5.12. The molecule has 0 atom stereocenters. The highest BCUT2D eigenvalue weighted by Gasteiger charge is 2.26. The highest BCUT2D eigenvalue weighted by molar-refractivity contribution is 4.64. The average molecular weight is 166 g/mol. The molecule has 0 aliphatic heterocycles. The Morgan fingerprint density at radius 1 is 1.18 bits per heavy atom. The number of rotatable bonds is 6. The molecule has 0 saturated carbocycles. The van der Waals surface area contributed by atoms with E-state index in [4.69, 9.17) is 5.11 Å². The van der Waals surface area contributed by atoms with Gasteiger partial charge in [-0.2, -0.15) is 0 Å². The van der Waals surface area contributed by atoms with Crippen LogP contribution in [0.25, 0.3) is 0 Å². The molecule has 0 fully saturated rings. The molecule has 0 amide bonds.